The van der Waals surface area contributed by atoms with E-state index in [1.54, 1.807) is 0 Å². The van der Waals surface area contributed by atoms with Gasteiger partial charge < -0.3 is 10.2 Å². The maximum atomic E-state index is 4.72. The molecule has 19 heavy (non-hydrogen) atoms. The van der Waals surface area contributed by atoms with Crippen molar-refractivity contribution in [1.29, 1.82) is 0 Å². The number of nitrogens with one attached hydrogen (secondary N) is 1. The van der Waals surface area contributed by atoms with E-state index in [4.69, 9.17) is 4.98 Å². The topological polar surface area (TPSA) is 28.2 Å². The van der Waals surface area contributed by atoms with Gasteiger partial charge in [0.25, 0.3) is 0 Å². The van der Waals surface area contributed by atoms with E-state index in [0.29, 0.717) is 0 Å². The largest absolute Gasteiger partial charge is 0.312 e. The van der Waals surface area contributed by atoms with Crippen LogP contribution in [0.15, 0.2) is 0 Å². The number of likely N-dealkylation sites (tertiary alicyclic amines) is 1. The summed E-state index contributed by atoms with van der Waals surface area (Å²) >= 11 is 1.89. The molecule has 0 amide bonds. The van der Waals surface area contributed by atoms with Crippen LogP contribution < -0.4 is 5.32 Å². The second-order valence-electron chi connectivity index (χ2n) is 5.53. The average Bonchev–Trinajstić information content (AvgIpc) is 2.76. The number of hydrogen-bond acceptors (Lipinski definition) is 4. The third-order valence-electron chi connectivity index (χ3n) is 4.03. The molecule has 0 radical (unpaired) electrons. The van der Waals surface area contributed by atoms with E-state index in [2.05, 4.69) is 31.0 Å². The summed E-state index contributed by atoms with van der Waals surface area (Å²) in [5, 5.41) is 4.70. The molecule has 2 rings (SSSR count). The van der Waals surface area contributed by atoms with E-state index < -0.39 is 0 Å². The summed E-state index contributed by atoms with van der Waals surface area (Å²) in [7, 11) is 0. The highest BCUT2D eigenvalue weighted by atomic mass is 32.1. The molecule has 0 saturated carbocycles. The van der Waals surface area contributed by atoms with Crippen molar-refractivity contribution in [2.45, 2.75) is 59.0 Å². The lowest BCUT2D eigenvalue weighted by Gasteiger charge is -2.33. The first-order chi connectivity index (χ1) is 9.20. The molecule has 1 atom stereocenters. The van der Waals surface area contributed by atoms with Crippen LogP contribution in [0.25, 0.3) is 0 Å². The molecule has 1 unspecified atom stereocenters. The van der Waals surface area contributed by atoms with Crippen molar-refractivity contribution in [3.63, 3.8) is 0 Å². The van der Waals surface area contributed by atoms with Gasteiger partial charge in [0, 0.05) is 30.4 Å². The number of piperidine rings is 1. The lowest BCUT2D eigenvalue weighted by molar-refractivity contribution is 0.163. The Bertz CT molecular complexity index is 389. The Hall–Kier alpha value is -0.450. The first-order valence-corrected chi connectivity index (χ1v) is 8.42. The Labute approximate surface area is 121 Å². The smallest absolute Gasteiger partial charge is 0.0944 e. The van der Waals surface area contributed by atoms with Crippen molar-refractivity contribution in [3.8, 4) is 0 Å². The van der Waals surface area contributed by atoms with Crippen molar-refractivity contribution < 1.29 is 0 Å². The van der Waals surface area contributed by atoms with Gasteiger partial charge in [-0.15, -0.1) is 11.3 Å². The maximum Gasteiger partial charge on any atom is 0.0944 e. The first-order valence-electron chi connectivity index (χ1n) is 7.60. The molecule has 4 heteroatoms. The number of rotatable bonds is 6. The second kappa shape index (κ2) is 7.36. The lowest BCUT2D eigenvalue weighted by atomic mass is 10.0. The molecule has 1 aliphatic heterocycles. The normalized spacial score (nSPS) is 20.9. The molecule has 0 aromatic carbocycles. The molecule has 1 saturated heterocycles. The Morgan fingerprint density at radius 3 is 3.00 bits per heavy atom. The second-order valence-corrected chi connectivity index (χ2v) is 6.70. The minimum absolute atomic E-state index is 0.760. The van der Waals surface area contributed by atoms with Gasteiger partial charge in [-0.25, -0.2) is 4.98 Å². The van der Waals surface area contributed by atoms with Gasteiger partial charge in [0.2, 0.25) is 0 Å². The zero-order chi connectivity index (χ0) is 13.7. The van der Waals surface area contributed by atoms with Gasteiger partial charge in [0.15, 0.2) is 0 Å². The van der Waals surface area contributed by atoms with E-state index in [1.807, 2.05) is 11.3 Å². The van der Waals surface area contributed by atoms with E-state index >= 15 is 0 Å². The first kappa shape index (κ1) is 14.9. The van der Waals surface area contributed by atoms with Crippen LogP contribution in [0.5, 0.6) is 0 Å². The summed E-state index contributed by atoms with van der Waals surface area (Å²) in [5.74, 6) is 0. The quantitative estimate of drug-likeness (QED) is 0.869. The molecule has 108 valence electrons. The molecule has 3 nitrogen and oxygen atoms in total. The number of nitrogens with zero attached hydrogens (tertiary/aromatic N) is 2. The fraction of sp³-hybridized carbons (Fsp3) is 0.800. The Kier molecular flexibility index (Phi) is 5.79. The van der Waals surface area contributed by atoms with Crippen molar-refractivity contribution in [3.05, 3.63) is 15.6 Å². The molecular weight excluding hydrogens is 254 g/mol. The molecule has 1 N–H and O–H groups in total. The molecule has 2 heterocycles. The monoisotopic (exact) mass is 281 g/mol. The standard InChI is InChI=1S/C15H27N3S/c1-4-16-11-14-13(3)17-15(19-14)8-10-18-9-6-5-7-12(18)2/h12,16H,4-11H2,1-3H3. The minimum atomic E-state index is 0.760. The highest BCUT2D eigenvalue weighted by Gasteiger charge is 2.18. The Balaban J connectivity index is 1.85. The van der Waals surface area contributed by atoms with E-state index in [1.165, 1.54) is 47.9 Å². The fourth-order valence-electron chi connectivity index (χ4n) is 2.73. The minimum Gasteiger partial charge on any atom is -0.312 e. The molecule has 0 spiro atoms. The highest BCUT2D eigenvalue weighted by Crippen LogP contribution is 2.21. The molecule has 1 aliphatic rings. The predicted molar refractivity (Wildman–Crippen MR) is 82.8 cm³/mol. The molecule has 0 aliphatic carbocycles. The van der Waals surface area contributed by atoms with Crippen molar-refractivity contribution >= 4 is 11.3 Å². The zero-order valence-electron chi connectivity index (χ0n) is 12.5. The maximum absolute atomic E-state index is 4.72. The fourth-order valence-corrected chi connectivity index (χ4v) is 3.75. The SMILES string of the molecule is CCNCc1sc(CCN2CCCCC2C)nc1C. The van der Waals surface area contributed by atoms with Gasteiger partial charge in [0.05, 0.1) is 10.7 Å². The van der Waals surface area contributed by atoms with Crippen molar-refractivity contribution in [2.75, 3.05) is 19.6 Å². The summed E-state index contributed by atoms with van der Waals surface area (Å²) in [4.78, 5) is 8.76. The van der Waals surface area contributed by atoms with Crippen LogP contribution in [0, 0.1) is 6.92 Å². The molecule has 0 bridgehead atoms. The van der Waals surface area contributed by atoms with Gasteiger partial charge >= 0.3 is 0 Å². The Morgan fingerprint density at radius 2 is 2.26 bits per heavy atom. The van der Waals surface area contributed by atoms with Gasteiger partial charge in [-0.3, -0.25) is 0 Å². The van der Waals surface area contributed by atoms with E-state index in [0.717, 1.165) is 25.6 Å². The van der Waals surface area contributed by atoms with Crippen LogP contribution in [0.1, 0.15) is 48.7 Å². The number of aromatic nitrogens is 1. The third-order valence-corrected chi connectivity index (χ3v) is 5.24. The van der Waals surface area contributed by atoms with Crippen LogP contribution in [0.2, 0.25) is 0 Å². The molecule has 1 aromatic rings. The third kappa shape index (κ3) is 4.26. The molecule has 1 aromatic heterocycles. The summed E-state index contributed by atoms with van der Waals surface area (Å²) in [6, 6.07) is 0.760. The van der Waals surface area contributed by atoms with Gasteiger partial charge in [-0.05, 0) is 39.8 Å². The predicted octanol–water partition coefficient (Wildman–Crippen LogP) is 2.98. The average molecular weight is 281 g/mol. The van der Waals surface area contributed by atoms with Crippen molar-refractivity contribution in [2.24, 2.45) is 0 Å². The molecule has 1 fully saturated rings. The number of thiazole rings is 1. The van der Waals surface area contributed by atoms with Gasteiger partial charge in [-0.2, -0.15) is 0 Å². The van der Waals surface area contributed by atoms with Crippen LogP contribution in [-0.4, -0.2) is 35.6 Å². The summed E-state index contributed by atoms with van der Waals surface area (Å²) < 4.78 is 0. The van der Waals surface area contributed by atoms with Crippen LogP contribution in [0.4, 0.5) is 0 Å². The van der Waals surface area contributed by atoms with Crippen LogP contribution >= 0.6 is 11.3 Å². The van der Waals surface area contributed by atoms with Crippen LogP contribution in [0.3, 0.4) is 0 Å². The number of aryl methyl sites for hydroxylation is 1. The summed E-state index contributed by atoms with van der Waals surface area (Å²) in [5.41, 5.74) is 1.22. The van der Waals surface area contributed by atoms with Crippen molar-refractivity contribution in [1.82, 2.24) is 15.2 Å². The van der Waals surface area contributed by atoms with Gasteiger partial charge in [0.1, 0.15) is 0 Å². The summed E-state index contributed by atoms with van der Waals surface area (Å²) in [6.07, 6.45) is 5.25. The van der Waals surface area contributed by atoms with E-state index in [9.17, 15) is 0 Å². The number of hydrogen-bond donors (Lipinski definition) is 1. The Morgan fingerprint density at radius 1 is 1.42 bits per heavy atom. The van der Waals surface area contributed by atoms with Gasteiger partial charge in [-0.1, -0.05) is 13.3 Å². The molecular formula is C15H27N3S. The van der Waals surface area contributed by atoms with Crippen LogP contribution in [-0.2, 0) is 13.0 Å². The summed E-state index contributed by atoms with van der Waals surface area (Å²) in [6.45, 7) is 11.1. The lowest BCUT2D eigenvalue weighted by Crippen LogP contribution is -2.38. The van der Waals surface area contributed by atoms with E-state index in [-0.39, 0.29) is 0 Å². The zero-order valence-corrected chi connectivity index (χ0v) is 13.4. The highest BCUT2D eigenvalue weighted by molar-refractivity contribution is 7.11.